The molecule has 0 atom stereocenters. The van der Waals surface area contributed by atoms with Crippen LogP contribution in [0.1, 0.15) is 19.3 Å². The van der Waals surface area contributed by atoms with Gasteiger partial charge in [0, 0.05) is 13.1 Å². The number of hydrogen-bond donors (Lipinski definition) is 1. The number of hydrogen-bond acceptors (Lipinski definition) is 3. The molecule has 70 valence electrons. The second-order valence-corrected chi connectivity index (χ2v) is 5.49. The van der Waals surface area contributed by atoms with Gasteiger partial charge >= 0.3 is 0 Å². The quantitative estimate of drug-likeness (QED) is 0.678. The first-order valence-electron chi connectivity index (χ1n) is 4.42. The van der Waals surface area contributed by atoms with Crippen LogP contribution in [0.3, 0.4) is 0 Å². The third-order valence-corrected chi connectivity index (χ3v) is 4.18. The second-order valence-electron chi connectivity index (χ2n) is 3.56. The van der Waals surface area contributed by atoms with E-state index in [1.54, 1.807) is 0 Å². The first-order chi connectivity index (χ1) is 5.68. The Bertz CT molecular complexity index is 253. The number of rotatable bonds is 3. The zero-order valence-electron chi connectivity index (χ0n) is 6.99. The summed E-state index contributed by atoms with van der Waals surface area (Å²) in [4.78, 5) is 0. The van der Waals surface area contributed by atoms with Gasteiger partial charge in [0.05, 0.1) is 5.75 Å². The van der Waals surface area contributed by atoms with Crippen LogP contribution in [0.15, 0.2) is 0 Å². The van der Waals surface area contributed by atoms with Gasteiger partial charge in [-0.1, -0.05) is 0 Å². The molecule has 4 nitrogen and oxygen atoms in total. The van der Waals surface area contributed by atoms with Crippen molar-refractivity contribution >= 4 is 10.0 Å². The number of nitrogens with one attached hydrogen (secondary N) is 1. The van der Waals surface area contributed by atoms with Crippen molar-refractivity contribution in [1.82, 2.24) is 9.84 Å². The van der Waals surface area contributed by atoms with Gasteiger partial charge in [-0.05, 0) is 25.2 Å². The van der Waals surface area contributed by atoms with Crippen LogP contribution in [-0.2, 0) is 10.0 Å². The molecule has 0 spiro atoms. The number of hydrazine groups is 1. The average molecular weight is 190 g/mol. The van der Waals surface area contributed by atoms with Crippen molar-refractivity contribution in [3.63, 3.8) is 0 Å². The first kappa shape index (κ1) is 8.47. The summed E-state index contributed by atoms with van der Waals surface area (Å²) in [5.41, 5.74) is 2.88. The zero-order valence-corrected chi connectivity index (χ0v) is 7.81. The van der Waals surface area contributed by atoms with Crippen molar-refractivity contribution in [2.24, 2.45) is 5.92 Å². The summed E-state index contributed by atoms with van der Waals surface area (Å²) in [5.74, 6) is 0.789. The standard InChI is InChI=1S/C7H14N2O2S/c10-12(11,6-7-2-3-7)9-5-1-4-8-9/h7-8H,1-6H2. The lowest BCUT2D eigenvalue weighted by Crippen LogP contribution is -2.38. The molecule has 1 saturated heterocycles. The maximum absolute atomic E-state index is 11.5. The Morgan fingerprint density at radius 1 is 1.42 bits per heavy atom. The van der Waals surface area contributed by atoms with E-state index in [0.717, 1.165) is 25.8 Å². The summed E-state index contributed by atoms with van der Waals surface area (Å²) in [6.45, 7) is 1.44. The highest BCUT2D eigenvalue weighted by Crippen LogP contribution is 2.31. The van der Waals surface area contributed by atoms with E-state index in [4.69, 9.17) is 0 Å². The fraction of sp³-hybridized carbons (Fsp3) is 1.00. The third kappa shape index (κ3) is 1.78. The molecule has 2 fully saturated rings. The van der Waals surface area contributed by atoms with E-state index < -0.39 is 10.0 Å². The highest BCUT2D eigenvalue weighted by atomic mass is 32.2. The van der Waals surface area contributed by atoms with Crippen LogP contribution in [0.4, 0.5) is 0 Å². The summed E-state index contributed by atoms with van der Waals surface area (Å²) in [7, 11) is -2.97. The van der Waals surface area contributed by atoms with Gasteiger partial charge in [-0.3, -0.25) is 0 Å². The SMILES string of the molecule is O=S(=O)(CC1CC1)N1CCCN1. The van der Waals surface area contributed by atoms with Crippen LogP contribution in [0.5, 0.6) is 0 Å². The lowest BCUT2D eigenvalue weighted by molar-refractivity contribution is 0.398. The maximum atomic E-state index is 11.5. The van der Waals surface area contributed by atoms with E-state index >= 15 is 0 Å². The third-order valence-electron chi connectivity index (χ3n) is 2.31. The van der Waals surface area contributed by atoms with E-state index in [9.17, 15) is 8.42 Å². The van der Waals surface area contributed by atoms with Crippen molar-refractivity contribution in [2.45, 2.75) is 19.3 Å². The molecule has 1 aliphatic carbocycles. The Kier molecular flexibility index (Phi) is 2.10. The van der Waals surface area contributed by atoms with E-state index in [1.165, 1.54) is 4.41 Å². The summed E-state index contributed by atoms with van der Waals surface area (Å²) in [6.07, 6.45) is 3.12. The van der Waals surface area contributed by atoms with Crippen molar-refractivity contribution in [3.8, 4) is 0 Å². The van der Waals surface area contributed by atoms with Crippen molar-refractivity contribution in [2.75, 3.05) is 18.8 Å². The Balaban J connectivity index is 1.97. The lowest BCUT2D eigenvalue weighted by atomic mass is 10.5. The minimum atomic E-state index is -2.97. The van der Waals surface area contributed by atoms with Gasteiger partial charge in [-0.15, -0.1) is 4.41 Å². The molecule has 0 radical (unpaired) electrons. The molecule has 12 heavy (non-hydrogen) atoms. The van der Waals surface area contributed by atoms with Crippen molar-refractivity contribution < 1.29 is 8.42 Å². The maximum Gasteiger partial charge on any atom is 0.227 e. The first-order valence-corrected chi connectivity index (χ1v) is 6.03. The molecule has 0 unspecified atom stereocenters. The molecule has 0 aromatic heterocycles. The molecule has 1 heterocycles. The monoisotopic (exact) mass is 190 g/mol. The van der Waals surface area contributed by atoms with Gasteiger partial charge in [0.1, 0.15) is 0 Å². The van der Waals surface area contributed by atoms with Gasteiger partial charge in [-0.2, -0.15) is 0 Å². The van der Waals surface area contributed by atoms with Crippen LogP contribution >= 0.6 is 0 Å². The molecule has 0 aromatic rings. The zero-order chi connectivity index (χ0) is 8.60. The Morgan fingerprint density at radius 3 is 2.67 bits per heavy atom. The highest BCUT2D eigenvalue weighted by Gasteiger charge is 2.32. The Hall–Kier alpha value is -0.130. The fourth-order valence-electron chi connectivity index (χ4n) is 1.42. The number of nitrogens with zero attached hydrogens (tertiary/aromatic N) is 1. The van der Waals surface area contributed by atoms with Crippen LogP contribution in [-0.4, -0.2) is 31.7 Å². The summed E-state index contributed by atoms with van der Waals surface area (Å²) in [6, 6.07) is 0. The second kappa shape index (κ2) is 2.97. The molecule has 0 amide bonds. The minimum absolute atomic E-state index is 0.347. The highest BCUT2D eigenvalue weighted by molar-refractivity contribution is 7.89. The largest absolute Gasteiger partial charge is 0.241 e. The summed E-state index contributed by atoms with van der Waals surface area (Å²) < 4.78 is 24.5. The molecule has 1 aliphatic heterocycles. The van der Waals surface area contributed by atoms with E-state index in [-0.39, 0.29) is 0 Å². The normalized spacial score (nSPS) is 26.3. The Labute approximate surface area is 73.0 Å². The Morgan fingerprint density at radius 2 is 2.17 bits per heavy atom. The molecule has 0 aromatic carbocycles. The van der Waals surface area contributed by atoms with E-state index in [2.05, 4.69) is 5.43 Å². The van der Waals surface area contributed by atoms with Gasteiger partial charge < -0.3 is 0 Å². The number of sulfonamides is 1. The van der Waals surface area contributed by atoms with Gasteiger partial charge in [0.2, 0.25) is 10.0 Å². The average Bonchev–Trinajstić information content (AvgIpc) is 2.67. The summed E-state index contributed by atoms with van der Waals surface area (Å²) >= 11 is 0. The predicted octanol–water partition coefficient (Wildman–Crippen LogP) is -0.0635. The predicted molar refractivity (Wildman–Crippen MR) is 45.8 cm³/mol. The lowest BCUT2D eigenvalue weighted by Gasteiger charge is -2.14. The topological polar surface area (TPSA) is 49.4 Å². The van der Waals surface area contributed by atoms with Crippen molar-refractivity contribution in [1.29, 1.82) is 0 Å². The van der Waals surface area contributed by atoms with E-state index in [1.807, 2.05) is 0 Å². The minimum Gasteiger partial charge on any atom is -0.241 e. The molecular formula is C7H14N2O2S. The molecule has 0 bridgehead atoms. The summed E-state index contributed by atoms with van der Waals surface area (Å²) in [5, 5.41) is 0. The molecule has 2 rings (SSSR count). The van der Waals surface area contributed by atoms with Gasteiger partial charge in [0.15, 0.2) is 0 Å². The van der Waals surface area contributed by atoms with Crippen LogP contribution in [0.25, 0.3) is 0 Å². The molecule has 1 N–H and O–H groups in total. The fourth-order valence-corrected chi connectivity index (χ4v) is 3.22. The molecule has 5 heteroatoms. The molecular weight excluding hydrogens is 176 g/mol. The van der Waals surface area contributed by atoms with Crippen LogP contribution in [0.2, 0.25) is 0 Å². The van der Waals surface area contributed by atoms with Crippen LogP contribution < -0.4 is 5.43 Å². The van der Waals surface area contributed by atoms with Crippen LogP contribution in [0, 0.1) is 5.92 Å². The van der Waals surface area contributed by atoms with Crippen molar-refractivity contribution in [3.05, 3.63) is 0 Å². The smallest absolute Gasteiger partial charge is 0.227 e. The van der Waals surface area contributed by atoms with E-state index in [0.29, 0.717) is 18.2 Å². The molecule has 1 saturated carbocycles. The van der Waals surface area contributed by atoms with Gasteiger partial charge in [0.25, 0.3) is 0 Å². The van der Waals surface area contributed by atoms with Gasteiger partial charge in [-0.25, -0.2) is 13.8 Å². The molecule has 2 aliphatic rings.